The molecule has 0 fully saturated rings. The molecule has 0 atom stereocenters. The third kappa shape index (κ3) is 5.83. The smallest absolute Gasteiger partial charge is 0.267 e. The summed E-state index contributed by atoms with van der Waals surface area (Å²) in [5, 5.41) is 0. The second kappa shape index (κ2) is 2.40. The number of rotatable bonds is 2. The molecule has 0 aromatic carbocycles. The van der Waals surface area contributed by atoms with Crippen LogP contribution >= 0.6 is 0 Å². The lowest BCUT2D eigenvalue weighted by molar-refractivity contribution is 0.477. The minimum Gasteiger partial charge on any atom is -0.315 e. The van der Waals surface area contributed by atoms with Crippen LogP contribution in [0.5, 0.6) is 0 Å². The molecule has 0 saturated carbocycles. The summed E-state index contributed by atoms with van der Waals surface area (Å²) in [7, 11) is -3.97. The van der Waals surface area contributed by atoms with Gasteiger partial charge in [-0.3, -0.25) is 4.55 Å². The number of nitrogens with two attached hydrogens (primary N) is 2. The van der Waals surface area contributed by atoms with Crippen LogP contribution in [0, 0.1) is 0 Å². The van der Waals surface area contributed by atoms with Crippen molar-refractivity contribution in [3.8, 4) is 0 Å². The fraction of sp³-hybridized carbons (Fsp3) is 1.00. The molecule has 8 heavy (non-hydrogen) atoms. The predicted molar refractivity (Wildman–Crippen MR) is 28.6 cm³/mol. The van der Waals surface area contributed by atoms with Crippen LogP contribution in [0.1, 0.15) is 0 Å². The van der Waals surface area contributed by atoms with Crippen LogP contribution in [0.25, 0.3) is 0 Å². The topological polar surface area (TPSA) is 106 Å². The maximum absolute atomic E-state index is 9.84. The van der Waals surface area contributed by atoms with Crippen molar-refractivity contribution >= 4 is 10.1 Å². The first kappa shape index (κ1) is 7.83. The highest BCUT2D eigenvalue weighted by molar-refractivity contribution is 7.85. The van der Waals surface area contributed by atoms with Crippen LogP contribution in [0.2, 0.25) is 0 Å². The molecule has 0 spiro atoms. The molecule has 0 unspecified atom stereocenters. The Labute approximate surface area is 47.4 Å². The van der Waals surface area contributed by atoms with E-state index in [1.165, 1.54) is 0 Å². The van der Waals surface area contributed by atoms with Crippen LogP contribution in [0.4, 0.5) is 0 Å². The number of hydrogen-bond donors (Lipinski definition) is 3. The van der Waals surface area contributed by atoms with Gasteiger partial charge in [0.1, 0.15) is 5.75 Å². The molecule has 0 radical (unpaired) electrons. The predicted octanol–water partition coefficient (Wildman–Crippen LogP) is -1.88. The van der Waals surface area contributed by atoms with Crippen molar-refractivity contribution < 1.29 is 13.0 Å². The van der Waals surface area contributed by atoms with Crippen molar-refractivity contribution in [1.82, 2.24) is 0 Å². The Morgan fingerprint density at radius 3 is 1.88 bits per heavy atom. The van der Waals surface area contributed by atoms with Gasteiger partial charge in [-0.1, -0.05) is 0 Å². The third-order valence-corrected chi connectivity index (χ3v) is 1.21. The van der Waals surface area contributed by atoms with Crippen LogP contribution < -0.4 is 11.5 Å². The van der Waals surface area contributed by atoms with E-state index in [2.05, 4.69) is 0 Å². The lowest BCUT2D eigenvalue weighted by Crippen LogP contribution is -2.37. The van der Waals surface area contributed by atoms with E-state index in [9.17, 15) is 8.42 Å². The van der Waals surface area contributed by atoms with Gasteiger partial charge in [0.25, 0.3) is 10.1 Å². The minimum atomic E-state index is -3.97. The molecule has 0 heterocycles. The van der Waals surface area contributed by atoms with E-state index in [0.717, 1.165) is 0 Å². The van der Waals surface area contributed by atoms with Gasteiger partial charge in [-0.05, 0) is 0 Å². The first-order valence-electron chi connectivity index (χ1n) is 1.88. The molecule has 0 aromatic rings. The molecular formula is C2H8N2O3S. The van der Waals surface area contributed by atoms with E-state index in [1.54, 1.807) is 0 Å². The van der Waals surface area contributed by atoms with Gasteiger partial charge in [-0.25, -0.2) is 0 Å². The summed E-state index contributed by atoms with van der Waals surface area (Å²) in [6.45, 7) is 0. The monoisotopic (exact) mass is 140 g/mol. The van der Waals surface area contributed by atoms with Crippen LogP contribution in [-0.4, -0.2) is 24.9 Å². The maximum atomic E-state index is 9.84. The van der Waals surface area contributed by atoms with Gasteiger partial charge < -0.3 is 11.5 Å². The molecule has 0 aliphatic heterocycles. The normalized spacial score (nSPS) is 12.5. The van der Waals surface area contributed by atoms with Gasteiger partial charge in [0.15, 0.2) is 0 Å². The summed E-state index contributed by atoms with van der Waals surface area (Å²) in [4.78, 5) is 0. The summed E-state index contributed by atoms with van der Waals surface area (Å²) >= 11 is 0. The fourth-order valence-electron chi connectivity index (χ4n) is 0.243. The van der Waals surface area contributed by atoms with Gasteiger partial charge in [-0.2, -0.15) is 8.42 Å². The lowest BCUT2D eigenvalue weighted by Gasteiger charge is -1.98. The summed E-state index contributed by atoms with van der Waals surface area (Å²) in [5.41, 5.74) is 9.63. The molecule has 0 aromatic heterocycles. The van der Waals surface area contributed by atoms with Crippen molar-refractivity contribution in [2.75, 3.05) is 5.75 Å². The third-order valence-electron chi connectivity index (χ3n) is 0.403. The van der Waals surface area contributed by atoms with E-state index < -0.39 is 22.0 Å². The van der Waals surface area contributed by atoms with E-state index in [0.29, 0.717) is 0 Å². The molecule has 5 N–H and O–H groups in total. The molecular weight excluding hydrogens is 132 g/mol. The van der Waals surface area contributed by atoms with Gasteiger partial charge in [-0.15, -0.1) is 0 Å². The SMILES string of the molecule is NC(N)CS(=O)(=O)O. The molecule has 0 saturated heterocycles. The zero-order valence-corrected chi connectivity index (χ0v) is 4.93. The van der Waals surface area contributed by atoms with Gasteiger partial charge >= 0.3 is 0 Å². The molecule has 0 aliphatic rings. The second-order valence-electron chi connectivity index (χ2n) is 1.41. The lowest BCUT2D eigenvalue weighted by atomic mass is 10.7. The summed E-state index contributed by atoms with van der Waals surface area (Å²) in [5.74, 6) is -0.590. The zero-order chi connectivity index (χ0) is 6.78. The molecule has 0 amide bonds. The van der Waals surface area contributed by atoms with Gasteiger partial charge in [0, 0.05) is 0 Å². The van der Waals surface area contributed by atoms with Crippen molar-refractivity contribution in [3.05, 3.63) is 0 Å². The van der Waals surface area contributed by atoms with E-state index in [-0.39, 0.29) is 0 Å². The van der Waals surface area contributed by atoms with Gasteiger partial charge in [0.2, 0.25) is 0 Å². The molecule has 6 heteroatoms. The Bertz CT molecular complexity index is 149. The Balaban J connectivity index is 3.75. The van der Waals surface area contributed by atoms with Crippen LogP contribution in [-0.2, 0) is 10.1 Å². The van der Waals surface area contributed by atoms with Crippen molar-refractivity contribution in [1.29, 1.82) is 0 Å². The van der Waals surface area contributed by atoms with Gasteiger partial charge in [0.05, 0.1) is 6.17 Å². The summed E-state index contributed by atoms with van der Waals surface area (Å²) < 4.78 is 27.7. The van der Waals surface area contributed by atoms with E-state index in [1.807, 2.05) is 0 Å². The Kier molecular flexibility index (Phi) is 2.35. The van der Waals surface area contributed by atoms with E-state index in [4.69, 9.17) is 16.0 Å². The largest absolute Gasteiger partial charge is 0.315 e. The van der Waals surface area contributed by atoms with Crippen LogP contribution in [0.3, 0.4) is 0 Å². The summed E-state index contributed by atoms with van der Waals surface area (Å²) in [6.07, 6.45) is -0.995. The Morgan fingerprint density at radius 2 is 1.88 bits per heavy atom. The molecule has 0 aliphatic carbocycles. The standard InChI is InChI=1S/C2H8N2O3S/c3-2(4)1-8(5,6)7/h2H,1,3-4H2,(H,5,6,7). The maximum Gasteiger partial charge on any atom is 0.267 e. The minimum absolute atomic E-state index is 0.590. The van der Waals surface area contributed by atoms with Crippen molar-refractivity contribution in [2.24, 2.45) is 11.5 Å². The highest BCUT2D eigenvalue weighted by Crippen LogP contribution is 1.79. The molecule has 0 bridgehead atoms. The molecule has 50 valence electrons. The average Bonchev–Trinajstić information content (AvgIpc) is 1.21. The first-order chi connectivity index (χ1) is 3.42. The molecule has 0 rings (SSSR count). The molecule has 5 nitrogen and oxygen atoms in total. The number of hydrogen-bond acceptors (Lipinski definition) is 4. The van der Waals surface area contributed by atoms with E-state index >= 15 is 0 Å². The zero-order valence-electron chi connectivity index (χ0n) is 4.11. The highest BCUT2D eigenvalue weighted by Gasteiger charge is 2.06. The average molecular weight is 140 g/mol. The second-order valence-corrected chi connectivity index (χ2v) is 2.91. The Morgan fingerprint density at radius 1 is 1.50 bits per heavy atom. The summed E-state index contributed by atoms with van der Waals surface area (Å²) in [6, 6.07) is 0. The Hall–Kier alpha value is -0.170. The van der Waals surface area contributed by atoms with Crippen molar-refractivity contribution in [2.45, 2.75) is 6.17 Å². The fourth-order valence-corrected chi connectivity index (χ4v) is 0.730. The van der Waals surface area contributed by atoms with Crippen molar-refractivity contribution in [3.63, 3.8) is 0 Å². The first-order valence-corrected chi connectivity index (χ1v) is 3.49. The quantitative estimate of drug-likeness (QED) is 0.307. The van der Waals surface area contributed by atoms with Crippen LogP contribution in [0.15, 0.2) is 0 Å². The highest BCUT2D eigenvalue weighted by atomic mass is 32.2.